The zero-order valence-corrected chi connectivity index (χ0v) is 14.1. The summed E-state index contributed by atoms with van der Waals surface area (Å²) in [6, 6.07) is -4.24. The monoisotopic (exact) mass is 375 g/mol. The first-order valence-electron chi connectivity index (χ1n) is 7.41. The van der Waals surface area contributed by atoms with Crippen LogP contribution in [0.15, 0.2) is 0 Å². The number of carboxylic acids is 3. The third-order valence-electron chi connectivity index (χ3n) is 3.24. The van der Waals surface area contributed by atoms with Crippen molar-refractivity contribution in [3.05, 3.63) is 0 Å². The van der Waals surface area contributed by atoms with E-state index in [1.54, 1.807) is 0 Å². The summed E-state index contributed by atoms with van der Waals surface area (Å²) in [6.45, 7) is 1.04. The molecule has 0 aromatic heterocycles. The quantitative estimate of drug-likeness (QED) is 0.213. The van der Waals surface area contributed by atoms with Gasteiger partial charge in [0, 0.05) is 0 Å². The molecule has 0 saturated heterocycles. The van der Waals surface area contributed by atoms with E-state index in [-0.39, 0.29) is 0 Å². The van der Waals surface area contributed by atoms with Crippen molar-refractivity contribution in [3.8, 4) is 0 Å². The molecular weight excluding hydrogens is 354 g/mol. The summed E-state index contributed by atoms with van der Waals surface area (Å²) in [5.41, 5.74) is 0. The first-order valence-corrected chi connectivity index (χ1v) is 7.41. The number of nitrogens with one attached hydrogen (secondary N) is 3. The first kappa shape index (κ1) is 23.0. The SMILES string of the molecule is CNC(CC(=O)O)C(=O)NC(CC(=O)O)C(=O)NC(CC(=O)O)C(C)=O. The van der Waals surface area contributed by atoms with Crippen LogP contribution in [0.4, 0.5) is 0 Å². The number of rotatable bonds is 12. The van der Waals surface area contributed by atoms with Crippen LogP contribution in [-0.2, 0) is 28.8 Å². The summed E-state index contributed by atoms with van der Waals surface area (Å²) in [5, 5.41) is 32.9. The lowest BCUT2D eigenvalue weighted by Gasteiger charge is -2.22. The van der Waals surface area contributed by atoms with E-state index in [1.807, 2.05) is 0 Å². The van der Waals surface area contributed by atoms with Gasteiger partial charge in [-0.3, -0.25) is 28.8 Å². The van der Waals surface area contributed by atoms with Gasteiger partial charge >= 0.3 is 17.9 Å². The smallest absolute Gasteiger partial charge is 0.305 e. The van der Waals surface area contributed by atoms with Gasteiger partial charge in [0.25, 0.3) is 0 Å². The molecule has 0 saturated carbocycles. The normalized spacial score (nSPS) is 13.8. The van der Waals surface area contributed by atoms with Crippen LogP contribution in [0.2, 0.25) is 0 Å². The van der Waals surface area contributed by atoms with Gasteiger partial charge in [-0.2, -0.15) is 0 Å². The molecule has 12 heteroatoms. The Morgan fingerprint density at radius 2 is 1.04 bits per heavy atom. The van der Waals surface area contributed by atoms with Crippen LogP contribution in [0.1, 0.15) is 26.2 Å². The molecule has 0 heterocycles. The third kappa shape index (κ3) is 8.73. The van der Waals surface area contributed by atoms with E-state index >= 15 is 0 Å². The zero-order chi connectivity index (χ0) is 20.4. The molecule has 0 rings (SSSR count). The fourth-order valence-corrected chi connectivity index (χ4v) is 1.90. The molecule has 12 nitrogen and oxygen atoms in total. The topological polar surface area (TPSA) is 199 Å². The van der Waals surface area contributed by atoms with Gasteiger partial charge in [-0.15, -0.1) is 0 Å². The second kappa shape index (κ2) is 10.8. The van der Waals surface area contributed by atoms with Crippen LogP contribution < -0.4 is 16.0 Å². The Morgan fingerprint density at radius 3 is 1.42 bits per heavy atom. The number of carboxylic acid groups (broad SMARTS) is 3. The maximum atomic E-state index is 12.2. The molecule has 0 aliphatic carbocycles. The minimum absolute atomic E-state index is 0.612. The first-order chi connectivity index (χ1) is 12.0. The number of hydrogen-bond donors (Lipinski definition) is 6. The molecule has 26 heavy (non-hydrogen) atoms. The third-order valence-corrected chi connectivity index (χ3v) is 3.24. The maximum absolute atomic E-state index is 12.2. The number of hydrogen-bond acceptors (Lipinski definition) is 7. The summed E-state index contributed by atoms with van der Waals surface area (Å²) in [6.07, 6.45) is -2.18. The molecular formula is C14H21N3O9. The van der Waals surface area contributed by atoms with Crippen molar-refractivity contribution in [2.24, 2.45) is 0 Å². The van der Waals surface area contributed by atoms with E-state index in [4.69, 9.17) is 15.3 Å². The highest BCUT2D eigenvalue weighted by Gasteiger charge is 2.30. The number of amides is 2. The highest BCUT2D eigenvalue weighted by molar-refractivity contribution is 5.96. The number of carbonyl (C=O) groups excluding carboxylic acids is 3. The highest BCUT2D eigenvalue weighted by Crippen LogP contribution is 2.01. The summed E-state index contributed by atoms with van der Waals surface area (Å²) < 4.78 is 0. The number of ketones is 1. The Labute approximate surface area is 147 Å². The van der Waals surface area contributed by atoms with Gasteiger partial charge in [0.2, 0.25) is 11.8 Å². The molecule has 0 spiro atoms. The van der Waals surface area contributed by atoms with E-state index in [1.165, 1.54) is 7.05 Å². The molecule has 3 atom stereocenters. The Bertz CT molecular complexity index is 590. The molecule has 0 fully saturated rings. The van der Waals surface area contributed by atoms with Gasteiger partial charge in [-0.05, 0) is 14.0 Å². The summed E-state index contributed by atoms with van der Waals surface area (Å²) in [7, 11) is 1.30. The average molecular weight is 375 g/mol. The van der Waals surface area contributed by atoms with Crippen molar-refractivity contribution in [2.45, 2.75) is 44.3 Å². The molecule has 0 aromatic carbocycles. The maximum Gasteiger partial charge on any atom is 0.305 e. The van der Waals surface area contributed by atoms with Crippen molar-refractivity contribution < 1.29 is 44.1 Å². The van der Waals surface area contributed by atoms with Crippen molar-refractivity contribution in [1.82, 2.24) is 16.0 Å². The molecule has 0 aliphatic rings. The molecule has 3 unspecified atom stereocenters. The summed E-state index contributed by atoms with van der Waals surface area (Å²) in [5.74, 6) is -6.78. The Balaban J connectivity index is 5.22. The van der Waals surface area contributed by atoms with Crippen LogP contribution in [0.5, 0.6) is 0 Å². The number of carbonyl (C=O) groups is 6. The van der Waals surface area contributed by atoms with Crippen molar-refractivity contribution in [2.75, 3.05) is 7.05 Å². The lowest BCUT2D eigenvalue weighted by atomic mass is 10.1. The number of Topliss-reactive ketones (excluding diaryl/α,β-unsaturated/α-hetero) is 1. The molecule has 146 valence electrons. The number of aliphatic carboxylic acids is 3. The molecule has 0 aliphatic heterocycles. The van der Waals surface area contributed by atoms with E-state index in [2.05, 4.69) is 16.0 Å². The van der Waals surface area contributed by atoms with E-state index in [9.17, 15) is 28.8 Å². The summed E-state index contributed by atoms with van der Waals surface area (Å²) >= 11 is 0. The van der Waals surface area contributed by atoms with Gasteiger partial charge in [0.15, 0.2) is 5.78 Å². The van der Waals surface area contributed by atoms with Gasteiger partial charge in [-0.25, -0.2) is 0 Å². The van der Waals surface area contributed by atoms with Gasteiger partial charge < -0.3 is 31.3 Å². The predicted octanol–water partition coefficient (Wildman–Crippen LogP) is -2.44. The Hall–Kier alpha value is -3.02. The van der Waals surface area contributed by atoms with Gasteiger partial charge in [-0.1, -0.05) is 0 Å². The van der Waals surface area contributed by atoms with Crippen LogP contribution in [0.25, 0.3) is 0 Å². The molecule has 0 aromatic rings. The molecule has 6 N–H and O–H groups in total. The van der Waals surface area contributed by atoms with Crippen molar-refractivity contribution >= 4 is 35.5 Å². The van der Waals surface area contributed by atoms with E-state index in [0.717, 1.165) is 6.92 Å². The van der Waals surface area contributed by atoms with Gasteiger partial charge in [0.05, 0.1) is 31.3 Å². The predicted molar refractivity (Wildman–Crippen MR) is 84.1 cm³/mol. The Morgan fingerprint density at radius 1 is 0.692 bits per heavy atom. The molecule has 0 bridgehead atoms. The Kier molecular flexibility index (Phi) is 9.51. The molecule has 0 radical (unpaired) electrons. The second-order valence-electron chi connectivity index (χ2n) is 5.37. The van der Waals surface area contributed by atoms with Crippen molar-refractivity contribution in [1.29, 1.82) is 0 Å². The molecule has 2 amide bonds. The lowest BCUT2D eigenvalue weighted by Crippen LogP contribution is -2.55. The minimum atomic E-state index is -1.62. The zero-order valence-electron chi connectivity index (χ0n) is 14.1. The van der Waals surface area contributed by atoms with E-state index < -0.39 is 72.9 Å². The lowest BCUT2D eigenvalue weighted by molar-refractivity contribution is -0.143. The van der Waals surface area contributed by atoms with Crippen LogP contribution in [0, 0.1) is 0 Å². The second-order valence-corrected chi connectivity index (χ2v) is 5.37. The standard InChI is InChI=1S/C14H21N3O9/c1-6(18)7(3-10(19)20)16-14(26)9(5-12(23)24)17-13(25)8(15-2)4-11(21)22/h7-9,15H,3-5H2,1-2H3,(H,16,26)(H,17,25)(H,19,20)(H,21,22)(H,23,24). The van der Waals surface area contributed by atoms with Gasteiger partial charge in [0.1, 0.15) is 6.04 Å². The van der Waals surface area contributed by atoms with Crippen LogP contribution >= 0.6 is 0 Å². The highest BCUT2D eigenvalue weighted by atomic mass is 16.4. The minimum Gasteiger partial charge on any atom is -0.481 e. The largest absolute Gasteiger partial charge is 0.481 e. The average Bonchev–Trinajstić information content (AvgIpc) is 2.49. The number of likely N-dealkylation sites (N-methyl/N-ethyl adjacent to an activating group) is 1. The fraction of sp³-hybridized carbons (Fsp3) is 0.571. The summed E-state index contributed by atoms with van der Waals surface area (Å²) in [4.78, 5) is 67.9. The fourth-order valence-electron chi connectivity index (χ4n) is 1.90. The van der Waals surface area contributed by atoms with Crippen LogP contribution in [0.3, 0.4) is 0 Å². The van der Waals surface area contributed by atoms with Crippen molar-refractivity contribution in [3.63, 3.8) is 0 Å². The van der Waals surface area contributed by atoms with E-state index in [0.29, 0.717) is 0 Å². The van der Waals surface area contributed by atoms with Crippen LogP contribution in [-0.4, -0.2) is 76.0 Å².